The molecule has 0 aliphatic carbocycles. The van der Waals surface area contributed by atoms with Crippen molar-refractivity contribution in [1.82, 2.24) is 9.97 Å². The van der Waals surface area contributed by atoms with Crippen LogP contribution in [-0.4, -0.2) is 50.9 Å². The third kappa shape index (κ3) is 3.61. The molecule has 1 saturated heterocycles. The molecule has 2 rings (SSSR count). The fourth-order valence-electron chi connectivity index (χ4n) is 2.04. The van der Waals surface area contributed by atoms with Crippen molar-refractivity contribution in [3.05, 3.63) is 22.2 Å². The molecule has 1 unspecified atom stereocenters. The van der Waals surface area contributed by atoms with Gasteiger partial charge in [-0.05, 0) is 13.8 Å². The summed E-state index contributed by atoms with van der Waals surface area (Å²) in [6.07, 6.45) is -5.02. The fraction of sp³-hybridized carbons (Fsp3) is 0.667. The molecule has 6 nitrogen and oxygen atoms in total. The highest BCUT2D eigenvalue weighted by Crippen LogP contribution is 2.36. The quantitative estimate of drug-likeness (QED) is 0.814. The first-order valence-corrected chi connectivity index (χ1v) is 6.96. The van der Waals surface area contributed by atoms with Crippen molar-refractivity contribution in [1.29, 1.82) is 0 Å². The molecule has 1 aliphatic rings. The molecule has 2 heterocycles. The molecule has 0 spiro atoms. The van der Waals surface area contributed by atoms with Crippen LogP contribution in [0.2, 0.25) is 10.3 Å². The second-order valence-electron chi connectivity index (χ2n) is 5.12. The van der Waals surface area contributed by atoms with Gasteiger partial charge in [0.2, 0.25) is 0 Å². The fourth-order valence-corrected chi connectivity index (χ4v) is 2.56. The van der Waals surface area contributed by atoms with Crippen LogP contribution in [0.3, 0.4) is 0 Å². The lowest BCUT2D eigenvalue weighted by Crippen LogP contribution is -2.54. The zero-order valence-electron chi connectivity index (χ0n) is 11.3. The van der Waals surface area contributed by atoms with Gasteiger partial charge in [0.1, 0.15) is 34.9 Å². The van der Waals surface area contributed by atoms with Crippen LogP contribution in [0.1, 0.15) is 25.6 Å². The second-order valence-corrected chi connectivity index (χ2v) is 5.84. The first-order chi connectivity index (χ1) is 9.73. The van der Waals surface area contributed by atoms with Crippen molar-refractivity contribution in [2.45, 2.75) is 44.1 Å². The van der Waals surface area contributed by atoms with Crippen molar-refractivity contribution in [3.8, 4) is 0 Å². The van der Waals surface area contributed by atoms with E-state index in [1.54, 1.807) is 13.8 Å². The molecule has 1 aromatic heterocycles. The van der Waals surface area contributed by atoms with Gasteiger partial charge in [-0.15, -0.1) is 0 Å². The van der Waals surface area contributed by atoms with Crippen LogP contribution < -0.4 is 0 Å². The molecule has 1 aromatic rings. The number of hydrogen-bond acceptors (Lipinski definition) is 6. The van der Waals surface area contributed by atoms with E-state index in [9.17, 15) is 14.6 Å². The van der Waals surface area contributed by atoms with Gasteiger partial charge in [-0.25, -0.2) is 14.4 Å². The van der Waals surface area contributed by atoms with Gasteiger partial charge in [-0.1, -0.05) is 23.2 Å². The third-order valence-electron chi connectivity index (χ3n) is 3.10. The number of nitrogens with zero attached hydrogens (tertiary/aromatic N) is 2. The monoisotopic (exact) mass is 340 g/mol. The molecular weight excluding hydrogens is 326 g/mol. The van der Waals surface area contributed by atoms with Gasteiger partial charge >= 0.3 is 0 Å². The Morgan fingerprint density at radius 2 is 1.95 bits per heavy atom. The van der Waals surface area contributed by atoms with E-state index in [-0.39, 0.29) is 22.5 Å². The summed E-state index contributed by atoms with van der Waals surface area (Å²) in [6.45, 7) is 3.10. The van der Waals surface area contributed by atoms with Gasteiger partial charge in [0.05, 0.1) is 12.2 Å². The number of hydrogen-bond donors (Lipinski definition) is 2. The summed E-state index contributed by atoms with van der Waals surface area (Å²) in [5, 5.41) is 19.6. The molecule has 21 heavy (non-hydrogen) atoms. The van der Waals surface area contributed by atoms with Gasteiger partial charge in [-0.2, -0.15) is 0 Å². The topological polar surface area (TPSA) is 84.7 Å². The Kier molecular flexibility index (Phi) is 5.02. The average Bonchev–Trinajstić information content (AvgIpc) is 2.40. The molecule has 9 heteroatoms. The minimum Gasteiger partial charge on any atom is -0.388 e. The third-order valence-corrected chi connectivity index (χ3v) is 3.70. The first kappa shape index (κ1) is 16.8. The van der Waals surface area contributed by atoms with Gasteiger partial charge in [0, 0.05) is 0 Å². The lowest BCUT2D eigenvalue weighted by molar-refractivity contribution is -0.322. The number of rotatable bonds is 3. The zero-order chi connectivity index (χ0) is 15.8. The molecular formula is C12H15Cl2FN2O4. The summed E-state index contributed by atoms with van der Waals surface area (Å²) in [7, 11) is 0. The molecule has 118 valence electrons. The summed E-state index contributed by atoms with van der Waals surface area (Å²) in [6, 6.07) is 0. The van der Waals surface area contributed by atoms with Crippen LogP contribution in [0, 0.1) is 0 Å². The summed E-state index contributed by atoms with van der Waals surface area (Å²) in [5.41, 5.74) is -0.242. The Hall–Kier alpha value is -0.570. The first-order valence-electron chi connectivity index (χ1n) is 6.21. The Bertz CT molecular complexity index is 500. The predicted octanol–water partition coefficient (Wildman–Crippen LogP) is 1.67. The van der Waals surface area contributed by atoms with Crippen molar-refractivity contribution in [3.63, 3.8) is 0 Å². The normalized spacial score (nSPS) is 28.1. The number of ether oxygens (including phenoxy) is 2. The van der Waals surface area contributed by atoms with E-state index >= 15 is 0 Å². The maximum atomic E-state index is 14.5. The molecule has 0 amide bonds. The van der Waals surface area contributed by atoms with Crippen LogP contribution in [0.5, 0.6) is 0 Å². The van der Waals surface area contributed by atoms with Gasteiger partial charge in [0.15, 0.2) is 12.0 Å². The SMILES string of the molecule is CC1(C)OC[C@@H](O)[C@H]([C@@H](O)C(F)c2c(Cl)ncnc2Cl)O1. The van der Waals surface area contributed by atoms with E-state index in [1.165, 1.54) is 0 Å². The Balaban J connectivity index is 2.24. The number of halogens is 3. The summed E-state index contributed by atoms with van der Waals surface area (Å²) in [4.78, 5) is 7.25. The molecule has 0 bridgehead atoms. The number of aliphatic hydroxyl groups excluding tert-OH is 2. The van der Waals surface area contributed by atoms with Crippen LogP contribution in [0.4, 0.5) is 4.39 Å². The number of aliphatic hydroxyl groups is 2. The van der Waals surface area contributed by atoms with Crippen LogP contribution in [0.25, 0.3) is 0 Å². The lowest BCUT2D eigenvalue weighted by Gasteiger charge is -2.41. The summed E-state index contributed by atoms with van der Waals surface area (Å²) < 4.78 is 25.1. The van der Waals surface area contributed by atoms with Crippen LogP contribution in [0.15, 0.2) is 6.33 Å². The number of alkyl halides is 1. The van der Waals surface area contributed by atoms with Crippen LogP contribution >= 0.6 is 23.2 Å². The highest BCUT2D eigenvalue weighted by Gasteiger charge is 2.44. The van der Waals surface area contributed by atoms with Gasteiger partial charge in [0.25, 0.3) is 0 Å². The number of aromatic nitrogens is 2. The molecule has 2 N–H and O–H groups in total. The van der Waals surface area contributed by atoms with E-state index in [4.69, 9.17) is 32.7 Å². The van der Waals surface area contributed by atoms with E-state index < -0.39 is 30.3 Å². The minimum absolute atomic E-state index is 0.0891. The summed E-state index contributed by atoms with van der Waals surface area (Å²) in [5.74, 6) is -1.05. The molecule has 1 fully saturated rings. The lowest BCUT2D eigenvalue weighted by atomic mass is 9.99. The van der Waals surface area contributed by atoms with E-state index in [1.807, 2.05) is 0 Å². The van der Waals surface area contributed by atoms with Gasteiger partial charge < -0.3 is 19.7 Å². The van der Waals surface area contributed by atoms with E-state index in [0.29, 0.717) is 0 Å². The maximum Gasteiger partial charge on any atom is 0.163 e. The highest BCUT2D eigenvalue weighted by molar-refractivity contribution is 6.34. The van der Waals surface area contributed by atoms with Crippen molar-refractivity contribution < 1.29 is 24.1 Å². The highest BCUT2D eigenvalue weighted by atomic mass is 35.5. The Morgan fingerprint density at radius 1 is 1.38 bits per heavy atom. The van der Waals surface area contributed by atoms with Crippen LogP contribution in [-0.2, 0) is 9.47 Å². The average molecular weight is 341 g/mol. The second kappa shape index (κ2) is 6.28. The molecule has 0 saturated carbocycles. The zero-order valence-corrected chi connectivity index (χ0v) is 12.8. The van der Waals surface area contributed by atoms with E-state index in [0.717, 1.165) is 6.33 Å². The molecule has 4 atom stereocenters. The van der Waals surface area contributed by atoms with Crippen molar-refractivity contribution in [2.24, 2.45) is 0 Å². The maximum absolute atomic E-state index is 14.5. The van der Waals surface area contributed by atoms with Crippen molar-refractivity contribution >= 4 is 23.2 Å². The Morgan fingerprint density at radius 3 is 2.52 bits per heavy atom. The molecule has 0 radical (unpaired) electrons. The molecule has 0 aromatic carbocycles. The minimum atomic E-state index is -2.01. The van der Waals surface area contributed by atoms with Crippen molar-refractivity contribution in [2.75, 3.05) is 6.61 Å². The largest absolute Gasteiger partial charge is 0.388 e. The Labute approximate surface area is 130 Å². The molecule has 1 aliphatic heterocycles. The van der Waals surface area contributed by atoms with Gasteiger partial charge in [-0.3, -0.25) is 0 Å². The standard InChI is InChI=1S/C12H15Cl2FN2O4/c1-12(2)20-3-5(18)9(21-12)8(19)7(15)6-10(13)16-4-17-11(6)14/h4-5,7-9,18-19H,3H2,1-2H3/t5-,7?,8+,9-/m1/s1. The summed E-state index contributed by atoms with van der Waals surface area (Å²) >= 11 is 11.6. The predicted molar refractivity (Wildman–Crippen MR) is 72.8 cm³/mol. The van der Waals surface area contributed by atoms with E-state index in [2.05, 4.69) is 9.97 Å². The smallest absolute Gasteiger partial charge is 0.163 e.